The third-order valence-electron chi connectivity index (χ3n) is 3.29. The third-order valence-corrected chi connectivity index (χ3v) is 3.29. The lowest BCUT2D eigenvalue weighted by molar-refractivity contribution is -0.141. The van der Waals surface area contributed by atoms with Crippen LogP contribution in [0.3, 0.4) is 0 Å². The van der Waals surface area contributed by atoms with Gasteiger partial charge in [-0.3, -0.25) is 0 Å². The van der Waals surface area contributed by atoms with Crippen molar-refractivity contribution in [3.63, 3.8) is 0 Å². The Balaban J connectivity index is 2.21. The Bertz CT molecular complexity index is 942. The quantitative estimate of drug-likeness (QED) is 0.628. The predicted molar refractivity (Wildman–Crippen MR) is 74.6 cm³/mol. The fourth-order valence-corrected chi connectivity index (χ4v) is 2.22. The average Bonchev–Trinajstić information content (AvgIpc) is 2.53. The molecule has 0 bridgehead atoms. The maximum atomic E-state index is 13.4. The Morgan fingerprint density at radius 1 is 1.04 bits per heavy atom. The molecule has 0 amide bonds. The van der Waals surface area contributed by atoms with E-state index < -0.39 is 17.7 Å². The lowest BCUT2D eigenvalue weighted by Crippen LogP contribution is -2.08. The van der Waals surface area contributed by atoms with Crippen molar-refractivity contribution in [2.45, 2.75) is 6.18 Å². The number of nitriles is 1. The molecule has 114 valence electrons. The summed E-state index contributed by atoms with van der Waals surface area (Å²) in [6.45, 7) is 0. The molecular formula is C16H7F4N3. The average molecular weight is 317 g/mol. The molecular weight excluding hydrogens is 310 g/mol. The largest absolute Gasteiger partial charge is 0.433 e. The van der Waals surface area contributed by atoms with Gasteiger partial charge in [0.25, 0.3) is 0 Å². The van der Waals surface area contributed by atoms with E-state index >= 15 is 0 Å². The summed E-state index contributed by atoms with van der Waals surface area (Å²) in [6, 6.07) is 9.35. The van der Waals surface area contributed by atoms with Gasteiger partial charge < -0.3 is 0 Å². The number of hydrogen-bond acceptors (Lipinski definition) is 3. The fraction of sp³-hybridized carbons (Fsp3) is 0.0625. The molecule has 3 rings (SSSR count). The highest BCUT2D eigenvalue weighted by Gasteiger charge is 2.32. The summed E-state index contributed by atoms with van der Waals surface area (Å²) in [5, 5.41) is 9.27. The molecule has 0 unspecified atom stereocenters. The summed E-state index contributed by atoms with van der Waals surface area (Å²) < 4.78 is 51.6. The molecule has 2 heterocycles. The number of fused-ring (bicyclic) bond motifs is 1. The highest BCUT2D eigenvalue weighted by atomic mass is 19.4. The summed E-state index contributed by atoms with van der Waals surface area (Å²) in [5.74, 6) is -0.660. The molecule has 0 aliphatic carbocycles. The van der Waals surface area contributed by atoms with Crippen molar-refractivity contribution in [1.29, 1.82) is 5.26 Å². The van der Waals surface area contributed by atoms with Crippen LogP contribution in [0, 0.1) is 17.1 Å². The van der Waals surface area contributed by atoms with Crippen molar-refractivity contribution in [2.75, 3.05) is 0 Å². The van der Waals surface area contributed by atoms with Gasteiger partial charge in [0.2, 0.25) is 0 Å². The minimum atomic E-state index is -4.56. The zero-order chi connectivity index (χ0) is 16.6. The van der Waals surface area contributed by atoms with Crippen LogP contribution >= 0.6 is 0 Å². The van der Waals surface area contributed by atoms with E-state index in [4.69, 9.17) is 5.26 Å². The maximum absolute atomic E-state index is 13.4. The van der Waals surface area contributed by atoms with Crippen LogP contribution in [0.25, 0.3) is 22.2 Å². The second kappa shape index (κ2) is 5.32. The first kappa shape index (κ1) is 14.9. The zero-order valence-corrected chi connectivity index (χ0v) is 11.4. The first-order valence-corrected chi connectivity index (χ1v) is 6.43. The molecule has 0 aliphatic rings. The number of halogens is 4. The van der Waals surface area contributed by atoms with Gasteiger partial charge in [0.15, 0.2) is 5.65 Å². The third kappa shape index (κ3) is 2.71. The van der Waals surface area contributed by atoms with Gasteiger partial charge in [-0.15, -0.1) is 0 Å². The van der Waals surface area contributed by atoms with Gasteiger partial charge in [-0.1, -0.05) is 6.07 Å². The lowest BCUT2D eigenvalue weighted by Gasteiger charge is -2.09. The molecule has 0 saturated heterocycles. The number of pyridine rings is 2. The van der Waals surface area contributed by atoms with E-state index in [1.54, 1.807) is 12.1 Å². The second-order valence-corrected chi connectivity index (χ2v) is 4.73. The predicted octanol–water partition coefficient (Wildman–Crippen LogP) is 4.33. The minimum Gasteiger partial charge on any atom is -0.237 e. The first-order chi connectivity index (χ1) is 10.9. The number of rotatable bonds is 1. The monoisotopic (exact) mass is 317 g/mol. The SMILES string of the molecule is N#Cc1cc(-c2ccnc3nc(C(F)(F)F)ccc23)ccc1F. The molecule has 1 aromatic carbocycles. The molecule has 0 saturated carbocycles. The van der Waals surface area contributed by atoms with Gasteiger partial charge in [0, 0.05) is 11.6 Å². The molecule has 23 heavy (non-hydrogen) atoms. The Kier molecular flexibility index (Phi) is 3.45. The van der Waals surface area contributed by atoms with Crippen LogP contribution < -0.4 is 0 Å². The molecule has 0 aliphatic heterocycles. The Labute approximate surface area is 127 Å². The molecule has 2 aromatic heterocycles. The van der Waals surface area contributed by atoms with Crippen molar-refractivity contribution in [2.24, 2.45) is 0 Å². The minimum absolute atomic E-state index is 0.0693. The maximum Gasteiger partial charge on any atom is 0.433 e. The van der Waals surface area contributed by atoms with Gasteiger partial charge in [0.1, 0.15) is 17.6 Å². The topological polar surface area (TPSA) is 49.6 Å². The van der Waals surface area contributed by atoms with Gasteiger partial charge in [-0.2, -0.15) is 18.4 Å². The normalized spacial score (nSPS) is 11.4. The number of alkyl halides is 3. The Morgan fingerprint density at radius 2 is 1.83 bits per heavy atom. The van der Waals surface area contributed by atoms with Crippen molar-refractivity contribution in [3.05, 3.63) is 59.7 Å². The smallest absolute Gasteiger partial charge is 0.237 e. The summed E-state index contributed by atoms with van der Waals surface area (Å²) in [4.78, 5) is 7.37. The van der Waals surface area contributed by atoms with Crippen LogP contribution in [0.4, 0.5) is 17.6 Å². The van der Waals surface area contributed by atoms with Gasteiger partial charge in [0.05, 0.1) is 5.56 Å². The van der Waals surface area contributed by atoms with Crippen LogP contribution in [0.2, 0.25) is 0 Å². The molecule has 0 fully saturated rings. The number of benzene rings is 1. The van der Waals surface area contributed by atoms with Crippen molar-refractivity contribution < 1.29 is 17.6 Å². The highest BCUT2D eigenvalue weighted by Crippen LogP contribution is 2.32. The van der Waals surface area contributed by atoms with Gasteiger partial charge in [-0.05, 0) is 41.5 Å². The van der Waals surface area contributed by atoms with E-state index in [0.29, 0.717) is 16.5 Å². The van der Waals surface area contributed by atoms with Crippen LogP contribution in [-0.4, -0.2) is 9.97 Å². The van der Waals surface area contributed by atoms with Crippen LogP contribution in [0.5, 0.6) is 0 Å². The molecule has 0 radical (unpaired) electrons. The Hall–Kier alpha value is -3.01. The zero-order valence-electron chi connectivity index (χ0n) is 11.4. The van der Waals surface area contributed by atoms with E-state index in [9.17, 15) is 17.6 Å². The van der Waals surface area contributed by atoms with Crippen LogP contribution in [0.15, 0.2) is 42.6 Å². The Morgan fingerprint density at radius 3 is 2.52 bits per heavy atom. The molecule has 0 atom stereocenters. The fourth-order valence-electron chi connectivity index (χ4n) is 2.22. The van der Waals surface area contributed by atoms with E-state index in [1.165, 1.54) is 24.4 Å². The van der Waals surface area contributed by atoms with E-state index in [2.05, 4.69) is 9.97 Å². The van der Waals surface area contributed by atoms with Gasteiger partial charge in [-0.25, -0.2) is 14.4 Å². The van der Waals surface area contributed by atoms with Crippen molar-refractivity contribution in [1.82, 2.24) is 9.97 Å². The van der Waals surface area contributed by atoms with Crippen molar-refractivity contribution >= 4 is 11.0 Å². The summed E-state index contributed by atoms with van der Waals surface area (Å²) in [7, 11) is 0. The molecule has 0 N–H and O–H groups in total. The van der Waals surface area contributed by atoms with E-state index in [0.717, 1.165) is 12.1 Å². The van der Waals surface area contributed by atoms with E-state index in [1.807, 2.05) is 0 Å². The summed E-state index contributed by atoms with van der Waals surface area (Å²) in [5.41, 5.74) is -0.233. The number of nitrogens with zero attached hydrogens (tertiary/aromatic N) is 3. The molecule has 7 heteroatoms. The molecule has 0 spiro atoms. The second-order valence-electron chi connectivity index (χ2n) is 4.73. The van der Waals surface area contributed by atoms with Gasteiger partial charge >= 0.3 is 6.18 Å². The van der Waals surface area contributed by atoms with Crippen LogP contribution in [0.1, 0.15) is 11.3 Å². The first-order valence-electron chi connectivity index (χ1n) is 6.43. The number of hydrogen-bond donors (Lipinski definition) is 0. The van der Waals surface area contributed by atoms with Crippen molar-refractivity contribution in [3.8, 4) is 17.2 Å². The summed E-state index contributed by atoms with van der Waals surface area (Å²) in [6.07, 6.45) is -3.24. The molecule has 3 aromatic rings. The molecule has 3 nitrogen and oxygen atoms in total. The number of aromatic nitrogens is 2. The summed E-state index contributed by atoms with van der Waals surface area (Å²) >= 11 is 0. The van der Waals surface area contributed by atoms with E-state index in [-0.39, 0.29) is 11.2 Å². The standard InChI is InChI=1S/C16H7F4N3/c17-13-3-1-9(7-10(13)8-21)11-5-6-22-15-12(11)2-4-14(23-15)16(18,19)20/h1-7H. The lowest BCUT2D eigenvalue weighted by atomic mass is 10.0. The van der Waals surface area contributed by atoms with Crippen LogP contribution in [-0.2, 0) is 6.18 Å². The highest BCUT2D eigenvalue weighted by molar-refractivity contribution is 5.92.